The summed E-state index contributed by atoms with van der Waals surface area (Å²) in [5, 5.41) is 6.44. The Morgan fingerprint density at radius 2 is 1.35 bits per heavy atom. The lowest BCUT2D eigenvalue weighted by molar-refractivity contribution is -0.137. The number of rotatable bonds is 5. The fourth-order valence-corrected chi connectivity index (χ4v) is 7.70. The molecule has 0 aliphatic carbocycles. The van der Waals surface area contributed by atoms with Crippen LogP contribution in [-0.2, 0) is 16.3 Å². The maximum atomic E-state index is 12.7. The number of urea groups is 1. The van der Waals surface area contributed by atoms with Gasteiger partial charge in [-0.3, -0.25) is 0 Å². The lowest BCUT2D eigenvalue weighted by Crippen LogP contribution is -2.19. The van der Waals surface area contributed by atoms with E-state index >= 15 is 0 Å². The molecule has 0 aliphatic heterocycles. The number of carbonyl (C=O) groups is 1. The molecule has 6 aromatic rings. The average Bonchev–Trinajstić information content (AvgIpc) is 3.56. The van der Waals surface area contributed by atoms with Gasteiger partial charge in [-0.15, -0.1) is 22.7 Å². The molecule has 8 nitrogen and oxygen atoms in total. The first kappa shape index (κ1) is 28.7. The van der Waals surface area contributed by atoms with Crippen LogP contribution in [0.2, 0.25) is 0 Å². The number of nitrogens with one attached hydrogen (secondary N) is 2. The molecule has 2 N–H and O–H groups in total. The van der Waals surface area contributed by atoms with Crippen LogP contribution in [0.3, 0.4) is 0 Å². The van der Waals surface area contributed by atoms with Gasteiger partial charge < -0.3 is 15.2 Å². The molecule has 0 spiro atoms. The fraction of sp³-hybridized carbons (Fsp3) is 0.0690. The van der Waals surface area contributed by atoms with Crippen LogP contribution in [-0.4, -0.2) is 29.0 Å². The Morgan fingerprint density at radius 3 is 1.98 bits per heavy atom. The van der Waals surface area contributed by atoms with Gasteiger partial charge in [0.1, 0.15) is 20.1 Å². The van der Waals surface area contributed by atoms with Crippen LogP contribution in [0.5, 0.6) is 0 Å². The van der Waals surface area contributed by atoms with Gasteiger partial charge in [-0.25, -0.2) is 23.2 Å². The molecule has 0 atom stereocenters. The van der Waals surface area contributed by atoms with Crippen LogP contribution in [0.1, 0.15) is 11.1 Å². The van der Waals surface area contributed by atoms with Crippen LogP contribution in [0.15, 0.2) is 83.8 Å². The Morgan fingerprint density at radius 1 is 0.791 bits per heavy atom. The third-order valence-electron chi connectivity index (χ3n) is 6.45. The highest BCUT2D eigenvalue weighted by atomic mass is 32.2. The highest BCUT2D eigenvalue weighted by molar-refractivity contribution is 7.86. The number of amides is 2. The number of thiazole rings is 2. The van der Waals surface area contributed by atoms with Gasteiger partial charge in [-0.05, 0) is 85.3 Å². The van der Waals surface area contributed by atoms with Crippen LogP contribution in [0, 0.1) is 6.92 Å². The van der Waals surface area contributed by atoms with Gasteiger partial charge in [0.2, 0.25) is 0 Å². The van der Waals surface area contributed by atoms with Gasteiger partial charge in [0.05, 0.1) is 30.9 Å². The Hall–Kier alpha value is -4.37. The van der Waals surface area contributed by atoms with Gasteiger partial charge in [-0.2, -0.15) is 13.2 Å². The molecule has 2 heterocycles. The first-order valence-corrected chi connectivity index (χ1v) is 15.5. The van der Waals surface area contributed by atoms with E-state index in [0.29, 0.717) is 26.5 Å². The highest BCUT2D eigenvalue weighted by Gasteiger charge is 2.30. The Labute approximate surface area is 250 Å². The van der Waals surface area contributed by atoms with Crippen LogP contribution < -0.4 is 10.6 Å². The van der Waals surface area contributed by atoms with Crippen molar-refractivity contribution in [3.8, 4) is 21.1 Å². The second kappa shape index (κ2) is 10.7. The van der Waals surface area contributed by atoms with Crippen molar-refractivity contribution in [3.05, 3.63) is 90.0 Å². The minimum absolute atomic E-state index is 0.216. The first-order valence-electron chi connectivity index (χ1n) is 12.5. The van der Waals surface area contributed by atoms with E-state index in [-0.39, 0.29) is 10.6 Å². The average molecular weight is 640 g/mol. The molecule has 4 aromatic carbocycles. The zero-order valence-electron chi connectivity index (χ0n) is 21.9. The Kier molecular flexibility index (Phi) is 7.16. The lowest BCUT2D eigenvalue weighted by atomic mass is 10.2. The summed E-state index contributed by atoms with van der Waals surface area (Å²) >= 11 is 2.59. The number of carbonyl (C=O) groups excluding carboxylic acids is 1. The third kappa shape index (κ3) is 5.95. The number of anilines is 2. The minimum Gasteiger partial charge on any atom is -0.744 e. The fourth-order valence-electron chi connectivity index (χ4n) is 4.41. The van der Waals surface area contributed by atoms with E-state index < -0.39 is 27.9 Å². The molecule has 0 unspecified atom stereocenters. The van der Waals surface area contributed by atoms with Crippen LogP contribution >= 0.6 is 22.7 Å². The Balaban J connectivity index is 1.19. The number of benzene rings is 4. The number of hydrogen-bond acceptors (Lipinski definition) is 8. The van der Waals surface area contributed by atoms with Crippen molar-refractivity contribution in [2.45, 2.75) is 18.0 Å². The highest BCUT2D eigenvalue weighted by Crippen LogP contribution is 2.38. The van der Waals surface area contributed by atoms with Crippen molar-refractivity contribution in [2.75, 3.05) is 10.6 Å². The molecule has 0 saturated carbocycles. The van der Waals surface area contributed by atoms with E-state index in [4.69, 9.17) is 4.98 Å². The summed E-state index contributed by atoms with van der Waals surface area (Å²) in [6, 6.07) is 19.3. The molecule has 0 fully saturated rings. The molecule has 14 heteroatoms. The molecule has 0 aliphatic rings. The number of hydrogen-bond donors (Lipinski definition) is 2. The topological polar surface area (TPSA) is 124 Å². The maximum Gasteiger partial charge on any atom is 0.416 e. The zero-order valence-corrected chi connectivity index (χ0v) is 24.3. The normalized spacial score (nSPS) is 12.1. The van der Waals surface area contributed by atoms with E-state index in [1.807, 2.05) is 18.2 Å². The molecular formula is C29H18F3N4O4S3-. The summed E-state index contributed by atoms with van der Waals surface area (Å²) in [7, 11) is -4.67. The molecule has 0 saturated heterocycles. The number of halogens is 3. The summed E-state index contributed by atoms with van der Waals surface area (Å²) in [6.45, 7) is 1.58. The summed E-state index contributed by atoms with van der Waals surface area (Å²) in [4.78, 5) is 21.3. The van der Waals surface area contributed by atoms with E-state index in [9.17, 15) is 30.9 Å². The first-order chi connectivity index (χ1) is 20.3. The smallest absolute Gasteiger partial charge is 0.416 e. The summed E-state index contributed by atoms with van der Waals surface area (Å²) in [5.74, 6) is 0. The number of fused-ring (bicyclic) bond motifs is 2. The number of nitrogens with zero attached hydrogens (tertiary/aromatic N) is 2. The van der Waals surface area contributed by atoms with E-state index in [2.05, 4.69) is 15.6 Å². The molecular weight excluding hydrogens is 622 g/mol. The predicted molar refractivity (Wildman–Crippen MR) is 160 cm³/mol. The monoisotopic (exact) mass is 639 g/mol. The van der Waals surface area contributed by atoms with Crippen LogP contribution in [0.4, 0.5) is 29.3 Å². The minimum atomic E-state index is -4.67. The molecule has 2 aromatic heterocycles. The molecule has 43 heavy (non-hydrogen) atoms. The number of aryl methyl sites for hydroxylation is 1. The van der Waals surface area contributed by atoms with Crippen LogP contribution in [0.25, 0.3) is 41.6 Å². The predicted octanol–water partition coefficient (Wildman–Crippen LogP) is 8.12. The van der Waals surface area contributed by atoms with Gasteiger partial charge in [0, 0.05) is 22.5 Å². The maximum absolute atomic E-state index is 12.7. The van der Waals surface area contributed by atoms with Crippen molar-refractivity contribution >= 4 is 70.6 Å². The van der Waals surface area contributed by atoms with E-state index in [1.54, 1.807) is 43.3 Å². The second-order valence-electron chi connectivity index (χ2n) is 9.47. The number of aromatic nitrogens is 2. The van der Waals surface area contributed by atoms with Crippen molar-refractivity contribution in [1.29, 1.82) is 0 Å². The molecule has 218 valence electrons. The van der Waals surface area contributed by atoms with E-state index in [0.717, 1.165) is 49.8 Å². The van der Waals surface area contributed by atoms with Gasteiger partial charge in [0.15, 0.2) is 0 Å². The molecule has 6 rings (SSSR count). The largest absolute Gasteiger partial charge is 0.744 e. The zero-order chi connectivity index (χ0) is 30.5. The summed E-state index contributed by atoms with van der Waals surface area (Å²) in [5.41, 5.74) is 3.01. The Bertz CT molecular complexity index is 2120. The lowest BCUT2D eigenvalue weighted by Gasteiger charge is -2.10. The van der Waals surface area contributed by atoms with Gasteiger partial charge in [-0.1, -0.05) is 6.07 Å². The molecule has 2 amide bonds. The SMILES string of the molecule is Cc1ccc2nc(-c3ccc4nc(-c5ccc(NC(=O)Nc6ccc(C(F)(F)F)cc6)cc5)sc4c3)sc2c1S(=O)(=O)[O-]. The summed E-state index contributed by atoms with van der Waals surface area (Å²) in [6.07, 6.45) is -4.46. The third-order valence-corrected chi connectivity index (χ3v) is 9.81. The van der Waals surface area contributed by atoms with E-state index in [1.165, 1.54) is 23.5 Å². The van der Waals surface area contributed by atoms with Gasteiger partial charge in [0.25, 0.3) is 0 Å². The number of alkyl halides is 3. The van der Waals surface area contributed by atoms with Crippen molar-refractivity contribution in [2.24, 2.45) is 0 Å². The standard InChI is InChI=1S/C29H19F3N4O4S3/c1-15-2-12-22-24(25(15)43(38,39)40)42-27(36-22)17-5-13-21-23(14-17)41-26(35-21)16-3-8-19(9-4-16)33-28(37)34-20-10-6-18(7-11-20)29(30,31)32/h2-14H,1H3,(H2,33,34,37)(H,38,39,40)/p-1. The van der Waals surface area contributed by atoms with Gasteiger partial charge >= 0.3 is 12.2 Å². The summed E-state index contributed by atoms with van der Waals surface area (Å²) < 4.78 is 75.0. The van der Waals surface area contributed by atoms with Crippen molar-refractivity contribution in [1.82, 2.24) is 9.97 Å². The molecule has 0 bridgehead atoms. The van der Waals surface area contributed by atoms with Crippen molar-refractivity contribution in [3.63, 3.8) is 0 Å². The quantitative estimate of drug-likeness (QED) is 0.184. The molecule has 0 radical (unpaired) electrons. The second-order valence-corrected chi connectivity index (χ2v) is 12.8. The van der Waals surface area contributed by atoms with Crippen molar-refractivity contribution < 1.29 is 30.9 Å².